The molecule has 0 aromatic heterocycles. The van der Waals surface area contributed by atoms with Gasteiger partial charge in [0.2, 0.25) is 0 Å². The molecule has 2 rings (SSSR count). The largest absolute Gasteiger partial charge is 0.372 e. The van der Waals surface area contributed by atoms with Gasteiger partial charge in [-0.25, -0.2) is 4.99 Å². The first kappa shape index (κ1) is 21.4. The van der Waals surface area contributed by atoms with Gasteiger partial charge < -0.3 is 15.4 Å². The second kappa shape index (κ2) is 11.9. The number of nitrogens with zero attached hydrogens (tertiary/aromatic N) is 2. The Bertz CT molecular complexity index is 642. The molecule has 0 fully saturated rings. The summed E-state index contributed by atoms with van der Waals surface area (Å²) in [5.41, 5.74) is 9.50. The Labute approximate surface area is 168 Å². The van der Waals surface area contributed by atoms with Crippen LogP contribution in [0.15, 0.2) is 59.6 Å². The summed E-state index contributed by atoms with van der Waals surface area (Å²) in [6, 6.07) is 18.5. The number of benzene rings is 2. The van der Waals surface area contributed by atoms with Crippen LogP contribution in [0.25, 0.3) is 0 Å². The van der Waals surface area contributed by atoms with E-state index in [-0.39, 0.29) is 24.0 Å². The van der Waals surface area contributed by atoms with Crippen molar-refractivity contribution < 1.29 is 4.74 Å². The van der Waals surface area contributed by atoms with Crippen LogP contribution in [0.3, 0.4) is 0 Å². The smallest absolute Gasteiger partial charge is 0.191 e. The van der Waals surface area contributed by atoms with Crippen molar-refractivity contribution in [1.29, 1.82) is 0 Å². The van der Waals surface area contributed by atoms with Gasteiger partial charge >= 0.3 is 0 Å². The molecule has 0 saturated heterocycles. The van der Waals surface area contributed by atoms with E-state index in [1.165, 1.54) is 5.56 Å². The molecule has 2 N–H and O–H groups in total. The van der Waals surface area contributed by atoms with Crippen molar-refractivity contribution in [2.75, 3.05) is 13.1 Å². The molecule has 4 nitrogen and oxygen atoms in total. The van der Waals surface area contributed by atoms with Crippen molar-refractivity contribution in [2.45, 2.75) is 33.6 Å². The summed E-state index contributed by atoms with van der Waals surface area (Å²) in [5, 5.41) is 0. The van der Waals surface area contributed by atoms with Crippen LogP contribution in [0.5, 0.6) is 0 Å². The Morgan fingerprint density at radius 1 is 0.920 bits per heavy atom. The third-order valence-corrected chi connectivity index (χ3v) is 3.88. The fraction of sp³-hybridized carbons (Fsp3) is 0.350. The quantitative estimate of drug-likeness (QED) is 0.371. The van der Waals surface area contributed by atoms with Gasteiger partial charge in [-0.2, -0.15) is 0 Å². The van der Waals surface area contributed by atoms with Crippen molar-refractivity contribution >= 4 is 29.9 Å². The van der Waals surface area contributed by atoms with Gasteiger partial charge in [-0.1, -0.05) is 54.6 Å². The molecule has 0 aliphatic heterocycles. The first-order chi connectivity index (χ1) is 11.7. The van der Waals surface area contributed by atoms with E-state index >= 15 is 0 Å². The first-order valence-electron chi connectivity index (χ1n) is 8.47. The van der Waals surface area contributed by atoms with E-state index in [1.54, 1.807) is 0 Å². The molecule has 0 unspecified atom stereocenters. The minimum Gasteiger partial charge on any atom is -0.372 e. The third kappa shape index (κ3) is 7.44. The van der Waals surface area contributed by atoms with Gasteiger partial charge in [0, 0.05) is 13.1 Å². The zero-order chi connectivity index (χ0) is 17.2. The summed E-state index contributed by atoms with van der Waals surface area (Å²) in [6.07, 6.45) is 0. The molecule has 0 aliphatic carbocycles. The molecule has 0 saturated carbocycles. The Kier molecular flexibility index (Phi) is 10.2. The Hall–Kier alpha value is -1.60. The van der Waals surface area contributed by atoms with Crippen LogP contribution in [0.2, 0.25) is 0 Å². The number of hydrogen-bond acceptors (Lipinski definition) is 2. The summed E-state index contributed by atoms with van der Waals surface area (Å²) in [6.45, 7) is 7.72. The second-order valence-corrected chi connectivity index (χ2v) is 5.65. The molecule has 2 aromatic carbocycles. The summed E-state index contributed by atoms with van der Waals surface area (Å²) in [5.74, 6) is 0.603. The van der Waals surface area contributed by atoms with Gasteiger partial charge in [0.15, 0.2) is 5.96 Å². The highest BCUT2D eigenvalue weighted by Gasteiger charge is 2.02. The average Bonchev–Trinajstić information content (AvgIpc) is 2.62. The molecule has 0 bridgehead atoms. The predicted molar refractivity (Wildman–Crippen MR) is 115 cm³/mol. The molecule has 0 heterocycles. The highest BCUT2D eigenvalue weighted by molar-refractivity contribution is 14.0. The maximum absolute atomic E-state index is 6.02. The predicted octanol–water partition coefficient (Wildman–Crippen LogP) is 4.18. The summed E-state index contributed by atoms with van der Waals surface area (Å²) >= 11 is 0. The van der Waals surface area contributed by atoms with Crippen molar-refractivity contribution in [3.8, 4) is 0 Å². The van der Waals surface area contributed by atoms with E-state index in [4.69, 9.17) is 10.5 Å². The monoisotopic (exact) mass is 453 g/mol. The molecule has 25 heavy (non-hydrogen) atoms. The lowest BCUT2D eigenvalue weighted by molar-refractivity contribution is 0.107. The summed E-state index contributed by atoms with van der Waals surface area (Å²) in [4.78, 5) is 6.53. The van der Waals surface area contributed by atoms with Gasteiger partial charge in [0.1, 0.15) is 0 Å². The van der Waals surface area contributed by atoms with Gasteiger partial charge in [0.05, 0.1) is 19.8 Å². The topological polar surface area (TPSA) is 50.8 Å². The Morgan fingerprint density at radius 3 is 2.20 bits per heavy atom. The highest BCUT2D eigenvalue weighted by Crippen LogP contribution is 2.10. The van der Waals surface area contributed by atoms with Crippen LogP contribution in [0.4, 0.5) is 0 Å². The molecule has 5 heteroatoms. The lowest BCUT2D eigenvalue weighted by Gasteiger charge is -2.19. The molecule has 136 valence electrons. The number of aliphatic imine (C=N–C) groups is 1. The lowest BCUT2D eigenvalue weighted by Crippen LogP contribution is -2.37. The SMILES string of the molecule is CCN(CC)C(N)=NCc1cccc(COCc2ccccc2)c1.I. The van der Waals surface area contributed by atoms with Crippen molar-refractivity contribution in [3.05, 3.63) is 71.3 Å². The van der Waals surface area contributed by atoms with Gasteiger partial charge in [-0.3, -0.25) is 0 Å². The number of guanidine groups is 1. The van der Waals surface area contributed by atoms with Crippen molar-refractivity contribution in [2.24, 2.45) is 10.7 Å². The van der Waals surface area contributed by atoms with Crippen LogP contribution < -0.4 is 5.73 Å². The zero-order valence-electron chi connectivity index (χ0n) is 15.0. The molecular weight excluding hydrogens is 425 g/mol. The number of ether oxygens (including phenoxy) is 1. The number of rotatable bonds is 8. The van der Waals surface area contributed by atoms with E-state index in [2.05, 4.69) is 49.2 Å². The molecule has 0 amide bonds. The van der Waals surface area contributed by atoms with Gasteiger partial charge in [-0.15, -0.1) is 24.0 Å². The van der Waals surface area contributed by atoms with Crippen LogP contribution in [-0.2, 0) is 24.5 Å². The minimum atomic E-state index is 0. The summed E-state index contributed by atoms with van der Waals surface area (Å²) in [7, 11) is 0. The highest BCUT2D eigenvalue weighted by atomic mass is 127. The fourth-order valence-corrected chi connectivity index (χ4v) is 2.50. The van der Waals surface area contributed by atoms with E-state index in [1.807, 2.05) is 29.2 Å². The Morgan fingerprint density at radius 2 is 1.52 bits per heavy atom. The second-order valence-electron chi connectivity index (χ2n) is 5.65. The fourth-order valence-electron chi connectivity index (χ4n) is 2.50. The van der Waals surface area contributed by atoms with Crippen LogP contribution >= 0.6 is 24.0 Å². The number of halogens is 1. The standard InChI is InChI=1S/C20H27N3O.HI/c1-3-23(4-2)20(21)22-14-18-11-8-12-19(13-18)16-24-15-17-9-6-5-7-10-17;/h5-13H,3-4,14-16H2,1-2H3,(H2,21,22);1H. The molecular formula is C20H28IN3O. The molecule has 2 aromatic rings. The summed E-state index contributed by atoms with van der Waals surface area (Å²) < 4.78 is 5.79. The van der Waals surface area contributed by atoms with E-state index in [0.29, 0.717) is 25.7 Å². The zero-order valence-corrected chi connectivity index (χ0v) is 17.4. The molecule has 0 radical (unpaired) electrons. The third-order valence-electron chi connectivity index (χ3n) is 3.88. The average molecular weight is 453 g/mol. The van der Waals surface area contributed by atoms with Crippen molar-refractivity contribution in [1.82, 2.24) is 4.90 Å². The van der Waals surface area contributed by atoms with Crippen LogP contribution in [0, 0.1) is 0 Å². The minimum absolute atomic E-state index is 0. The van der Waals surface area contributed by atoms with Crippen molar-refractivity contribution in [3.63, 3.8) is 0 Å². The number of hydrogen-bond donors (Lipinski definition) is 1. The molecule has 0 spiro atoms. The molecule has 0 aliphatic rings. The number of nitrogens with two attached hydrogens (primary N) is 1. The Balaban J connectivity index is 0.00000312. The maximum atomic E-state index is 6.02. The van der Waals surface area contributed by atoms with Crippen LogP contribution in [-0.4, -0.2) is 23.9 Å². The van der Waals surface area contributed by atoms with E-state index < -0.39 is 0 Å². The lowest BCUT2D eigenvalue weighted by atomic mass is 10.1. The van der Waals surface area contributed by atoms with Gasteiger partial charge in [0.25, 0.3) is 0 Å². The normalized spacial score (nSPS) is 11.0. The molecule has 0 atom stereocenters. The van der Waals surface area contributed by atoms with Crippen LogP contribution in [0.1, 0.15) is 30.5 Å². The van der Waals surface area contributed by atoms with Gasteiger partial charge in [-0.05, 0) is 30.5 Å². The maximum Gasteiger partial charge on any atom is 0.191 e. The van der Waals surface area contributed by atoms with E-state index in [0.717, 1.165) is 24.2 Å². The van der Waals surface area contributed by atoms with E-state index in [9.17, 15) is 0 Å². The first-order valence-corrected chi connectivity index (χ1v) is 8.47.